The molecule has 5 nitrogen and oxygen atoms in total. The maximum Gasteiger partial charge on any atom is 0.327 e. The first-order valence-electron chi connectivity index (χ1n) is 5.67. The molecule has 1 aliphatic heterocycles. The van der Waals surface area contributed by atoms with Crippen LogP contribution in [0.15, 0.2) is 18.2 Å². The maximum absolute atomic E-state index is 12.8. The van der Waals surface area contributed by atoms with E-state index in [0.29, 0.717) is 11.6 Å². The fourth-order valence-electron chi connectivity index (χ4n) is 1.71. The van der Waals surface area contributed by atoms with Crippen molar-refractivity contribution in [2.45, 2.75) is 6.04 Å². The molecule has 0 aliphatic carbocycles. The summed E-state index contributed by atoms with van der Waals surface area (Å²) in [6, 6.07) is 2.72. The molecule has 0 unspecified atom stereocenters. The van der Waals surface area contributed by atoms with Gasteiger partial charge in [-0.15, -0.1) is 11.8 Å². The van der Waals surface area contributed by atoms with Gasteiger partial charge in [0.05, 0.1) is 10.9 Å². The zero-order valence-corrected chi connectivity index (χ0v) is 11.8. The molecule has 1 aliphatic rings. The van der Waals surface area contributed by atoms with Crippen LogP contribution in [-0.2, 0) is 9.59 Å². The van der Waals surface area contributed by atoms with E-state index in [0.717, 1.165) is 12.1 Å². The molecule has 0 bridgehead atoms. The summed E-state index contributed by atoms with van der Waals surface area (Å²) in [6.45, 7) is -0.338. The summed E-state index contributed by atoms with van der Waals surface area (Å²) in [5.41, 5.74) is 0. The lowest BCUT2D eigenvalue weighted by molar-refractivity contribution is -0.148. The first-order valence-corrected chi connectivity index (χ1v) is 7.20. The van der Waals surface area contributed by atoms with E-state index in [-0.39, 0.29) is 17.4 Å². The van der Waals surface area contributed by atoms with Crippen molar-refractivity contribution in [1.82, 2.24) is 4.90 Å². The Bertz CT molecular complexity index is 542. The number of rotatable bonds is 4. The van der Waals surface area contributed by atoms with Gasteiger partial charge in [0.1, 0.15) is 17.6 Å². The number of thioether (sulfide) groups is 1. The third-order valence-electron chi connectivity index (χ3n) is 2.73. The number of hydrogen-bond donors (Lipinski definition) is 1. The number of carbonyl (C=O) groups excluding carboxylic acids is 1. The molecule has 1 amide bonds. The number of ether oxygens (including phenoxy) is 1. The van der Waals surface area contributed by atoms with E-state index < -0.39 is 23.7 Å². The van der Waals surface area contributed by atoms with Crippen molar-refractivity contribution in [1.29, 1.82) is 0 Å². The summed E-state index contributed by atoms with van der Waals surface area (Å²) in [7, 11) is 0. The van der Waals surface area contributed by atoms with Gasteiger partial charge < -0.3 is 14.7 Å². The molecule has 0 saturated carbocycles. The zero-order valence-electron chi connectivity index (χ0n) is 10.2. The first-order chi connectivity index (χ1) is 9.49. The number of aliphatic carboxylic acids is 1. The molecule has 108 valence electrons. The molecule has 0 aromatic heterocycles. The second kappa shape index (κ2) is 6.32. The quantitative estimate of drug-likeness (QED) is 0.917. The van der Waals surface area contributed by atoms with Gasteiger partial charge in [-0.3, -0.25) is 4.79 Å². The summed E-state index contributed by atoms with van der Waals surface area (Å²) in [5, 5.41) is 9.04. The summed E-state index contributed by atoms with van der Waals surface area (Å²) in [6.07, 6.45) is 0. The lowest BCUT2D eigenvalue weighted by atomic mass is 10.3. The van der Waals surface area contributed by atoms with Gasteiger partial charge in [0.2, 0.25) is 0 Å². The Morgan fingerprint density at radius 2 is 2.30 bits per heavy atom. The number of carboxylic acid groups (broad SMARTS) is 1. The van der Waals surface area contributed by atoms with Crippen LogP contribution in [0.5, 0.6) is 5.75 Å². The van der Waals surface area contributed by atoms with Gasteiger partial charge >= 0.3 is 5.97 Å². The van der Waals surface area contributed by atoms with E-state index in [1.54, 1.807) is 0 Å². The molecular weight excluding hydrogens is 309 g/mol. The van der Waals surface area contributed by atoms with Gasteiger partial charge in [-0.25, -0.2) is 9.18 Å². The minimum absolute atomic E-state index is 0.0587. The first kappa shape index (κ1) is 14.9. The highest BCUT2D eigenvalue weighted by molar-refractivity contribution is 7.99. The van der Waals surface area contributed by atoms with Crippen molar-refractivity contribution >= 4 is 35.2 Å². The fourth-order valence-corrected chi connectivity index (χ4v) is 3.10. The molecule has 1 aromatic carbocycles. The Balaban J connectivity index is 1.96. The van der Waals surface area contributed by atoms with Crippen molar-refractivity contribution in [3.63, 3.8) is 0 Å². The van der Waals surface area contributed by atoms with Crippen LogP contribution in [0.3, 0.4) is 0 Å². The standard InChI is InChI=1S/C12H11ClFNO4S/c13-8-3-7(14)1-2-10(8)19-4-11(16)15-6-20-5-9(15)12(17)18/h1-3,9H,4-6H2,(H,17,18)/t9-/m0/s1. The monoisotopic (exact) mass is 319 g/mol. The minimum atomic E-state index is -1.04. The summed E-state index contributed by atoms with van der Waals surface area (Å²) in [5.74, 6) is -1.13. The maximum atomic E-state index is 12.8. The molecular formula is C12H11ClFNO4S. The van der Waals surface area contributed by atoms with Crippen LogP contribution in [0.2, 0.25) is 5.02 Å². The Morgan fingerprint density at radius 1 is 1.55 bits per heavy atom. The molecule has 1 fully saturated rings. The largest absolute Gasteiger partial charge is 0.482 e. The van der Waals surface area contributed by atoms with Crippen molar-refractivity contribution < 1.29 is 23.8 Å². The van der Waals surface area contributed by atoms with Crippen molar-refractivity contribution in [3.8, 4) is 5.75 Å². The van der Waals surface area contributed by atoms with Crippen molar-refractivity contribution in [2.24, 2.45) is 0 Å². The molecule has 1 N–H and O–H groups in total. The number of carbonyl (C=O) groups is 2. The van der Waals surface area contributed by atoms with E-state index in [1.807, 2.05) is 0 Å². The topological polar surface area (TPSA) is 66.8 Å². The van der Waals surface area contributed by atoms with Gasteiger partial charge in [0.25, 0.3) is 5.91 Å². The van der Waals surface area contributed by atoms with Crippen molar-refractivity contribution in [3.05, 3.63) is 29.0 Å². The van der Waals surface area contributed by atoms with Crippen LogP contribution in [0.1, 0.15) is 0 Å². The third kappa shape index (κ3) is 3.34. The van der Waals surface area contributed by atoms with E-state index in [2.05, 4.69) is 0 Å². The molecule has 1 atom stereocenters. The number of nitrogens with zero attached hydrogens (tertiary/aromatic N) is 1. The highest BCUT2D eigenvalue weighted by atomic mass is 35.5. The van der Waals surface area contributed by atoms with E-state index in [9.17, 15) is 14.0 Å². The second-order valence-electron chi connectivity index (χ2n) is 4.08. The van der Waals surface area contributed by atoms with Crippen LogP contribution >= 0.6 is 23.4 Å². The van der Waals surface area contributed by atoms with E-state index in [1.165, 1.54) is 22.7 Å². The van der Waals surface area contributed by atoms with Gasteiger partial charge in [-0.05, 0) is 18.2 Å². The smallest absolute Gasteiger partial charge is 0.327 e. The average Bonchev–Trinajstić information content (AvgIpc) is 2.86. The molecule has 1 saturated heterocycles. The molecule has 2 rings (SSSR count). The SMILES string of the molecule is O=C(O)[C@@H]1CSCN1C(=O)COc1ccc(F)cc1Cl. The number of carboxylic acids is 1. The lowest BCUT2D eigenvalue weighted by Gasteiger charge is -2.20. The predicted octanol–water partition coefficient (Wildman–Crippen LogP) is 1.84. The van der Waals surface area contributed by atoms with Crippen molar-refractivity contribution in [2.75, 3.05) is 18.2 Å². The number of halogens is 2. The zero-order chi connectivity index (χ0) is 14.7. The third-order valence-corrected chi connectivity index (χ3v) is 4.04. The van der Waals surface area contributed by atoms with Gasteiger partial charge in [0, 0.05) is 5.75 Å². The van der Waals surface area contributed by atoms with Crippen LogP contribution in [0.4, 0.5) is 4.39 Å². The van der Waals surface area contributed by atoms with Crippen LogP contribution in [0, 0.1) is 5.82 Å². The number of hydrogen-bond acceptors (Lipinski definition) is 4. The Hall–Kier alpha value is -1.47. The highest BCUT2D eigenvalue weighted by Gasteiger charge is 2.34. The molecule has 1 aromatic rings. The Morgan fingerprint density at radius 3 is 2.95 bits per heavy atom. The highest BCUT2D eigenvalue weighted by Crippen LogP contribution is 2.26. The molecule has 0 radical (unpaired) electrons. The molecule has 1 heterocycles. The predicted molar refractivity (Wildman–Crippen MR) is 72.5 cm³/mol. The fraction of sp³-hybridized carbons (Fsp3) is 0.333. The summed E-state index contributed by atoms with van der Waals surface area (Å²) >= 11 is 7.13. The Labute approximate surface area is 123 Å². The van der Waals surface area contributed by atoms with E-state index >= 15 is 0 Å². The van der Waals surface area contributed by atoms with Gasteiger partial charge in [-0.2, -0.15) is 0 Å². The average molecular weight is 320 g/mol. The van der Waals surface area contributed by atoms with E-state index in [4.69, 9.17) is 21.4 Å². The van der Waals surface area contributed by atoms with Gasteiger partial charge in [-0.1, -0.05) is 11.6 Å². The molecule has 8 heteroatoms. The second-order valence-corrected chi connectivity index (χ2v) is 5.49. The number of amides is 1. The number of benzene rings is 1. The van der Waals surface area contributed by atoms with Crippen LogP contribution in [0.25, 0.3) is 0 Å². The Kier molecular flexibility index (Phi) is 4.72. The molecule has 20 heavy (non-hydrogen) atoms. The van der Waals surface area contributed by atoms with Gasteiger partial charge in [0.15, 0.2) is 6.61 Å². The minimum Gasteiger partial charge on any atom is -0.482 e. The summed E-state index contributed by atoms with van der Waals surface area (Å²) in [4.78, 5) is 24.1. The summed E-state index contributed by atoms with van der Waals surface area (Å²) < 4.78 is 18.1. The lowest BCUT2D eigenvalue weighted by Crippen LogP contribution is -2.43. The van der Waals surface area contributed by atoms with Crippen LogP contribution < -0.4 is 4.74 Å². The molecule has 0 spiro atoms. The van der Waals surface area contributed by atoms with Crippen LogP contribution in [-0.4, -0.2) is 46.2 Å². The normalized spacial score (nSPS) is 18.1.